The highest BCUT2D eigenvalue weighted by molar-refractivity contribution is 7.92. The summed E-state index contributed by atoms with van der Waals surface area (Å²) in [5.41, 5.74) is 2.03. The van der Waals surface area contributed by atoms with Crippen LogP contribution in [0.3, 0.4) is 0 Å². The molecule has 1 atom stereocenters. The van der Waals surface area contributed by atoms with Crippen LogP contribution >= 0.6 is 11.6 Å². The second kappa shape index (κ2) is 15.6. The molecule has 48 heavy (non-hydrogen) atoms. The van der Waals surface area contributed by atoms with Gasteiger partial charge in [-0.25, -0.2) is 8.42 Å². The summed E-state index contributed by atoms with van der Waals surface area (Å²) >= 11 is 6.58. The number of amides is 2. The monoisotopic (exact) mass is 691 g/mol. The third-order valence-electron chi connectivity index (χ3n) is 7.61. The number of aryl methyl sites for hydroxylation is 1. The molecule has 0 spiro atoms. The number of anilines is 1. The van der Waals surface area contributed by atoms with Crippen LogP contribution in [0.5, 0.6) is 11.5 Å². The van der Waals surface area contributed by atoms with E-state index < -0.39 is 34.1 Å². The predicted octanol–water partition coefficient (Wildman–Crippen LogP) is 6.42. The highest BCUT2D eigenvalue weighted by Gasteiger charge is 2.36. The van der Waals surface area contributed by atoms with E-state index in [1.165, 1.54) is 37.3 Å². The number of carbonyl (C=O) groups excluding carboxylic acids is 2. The first-order chi connectivity index (χ1) is 22.7. The second-order valence-corrected chi connectivity index (χ2v) is 14.7. The maximum atomic E-state index is 14.7. The van der Waals surface area contributed by atoms with Crippen molar-refractivity contribution in [2.24, 2.45) is 0 Å². The van der Waals surface area contributed by atoms with Gasteiger partial charge in [-0.1, -0.05) is 77.8 Å². The van der Waals surface area contributed by atoms with Crippen molar-refractivity contribution in [3.63, 3.8) is 0 Å². The zero-order valence-corrected chi connectivity index (χ0v) is 29.6. The quantitative estimate of drug-likeness (QED) is 0.174. The van der Waals surface area contributed by atoms with E-state index in [0.29, 0.717) is 16.3 Å². The maximum Gasteiger partial charge on any atom is 0.264 e. The molecule has 0 aromatic heterocycles. The maximum absolute atomic E-state index is 14.7. The summed E-state index contributed by atoms with van der Waals surface area (Å²) in [5.74, 6) is -0.397. The summed E-state index contributed by atoms with van der Waals surface area (Å²) in [6.45, 7) is 6.83. The molecule has 0 bridgehead atoms. The lowest BCUT2D eigenvalue weighted by molar-refractivity contribution is -0.140. The standard InChI is InChI=1S/C37H42ClN3O6S/c1-26-16-18-29(19-17-26)41(48(44,45)30-20-21-33(46-5)34(23-30)47-6)25-35(42)40(24-28-14-10-11-15-31(28)38)32(36(43)39-37(2,3)4)22-27-12-8-7-9-13-27/h7-21,23,32H,22,24-25H2,1-6H3,(H,39,43)/t32-/m1/s1. The van der Waals surface area contributed by atoms with Crippen molar-refractivity contribution in [2.75, 3.05) is 25.1 Å². The van der Waals surface area contributed by atoms with Gasteiger partial charge in [-0.05, 0) is 69.2 Å². The number of benzene rings is 4. The van der Waals surface area contributed by atoms with Gasteiger partial charge >= 0.3 is 0 Å². The zero-order chi connectivity index (χ0) is 35.1. The normalized spacial score (nSPS) is 12.1. The van der Waals surface area contributed by atoms with Gasteiger partial charge in [0.05, 0.1) is 24.8 Å². The first-order valence-corrected chi connectivity index (χ1v) is 17.3. The fourth-order valence-corrected chi connectivity index (χ4v) is 6.79. The second-order valence-electron chi connectivity index (χ2n) is 12.4. The summed E-state index contributed by atoms with van der Waals surface area (Å²) in [5, 5.41) is 3.44. The van der Waals surface area contributed by atoms with Crippen LogP contribution in [0.1, 0.15) is 37.5 Å². The Labute approximate surface area is 288 Å². The summed E-state index contributed by atoms with van der Waals surface area (Å²) in [4.78, 5) is 30.0. The van der Waals surface area contributed by atoms with Gasteiger partial charge < -0.3 is 19.7 Å². The molecule has 2 amide bonds. The molecule has 0 fully saturated rings. The molecule has 0 aliphatic heterocycles. The van der Waals surface area contributed by atoms with Gasteiger partial charge in [-0.2, -0.15) is 0 Å². The molecule has 0 heterocycles. The van der Waals surface area contributed by atoms with Crippen LogP contribution in [0.15, 0.2) is 102 Å². The molecule has 0 aliphatic carbocycles. The van der Waals surface area contributed by atoms with E-state index >= 15 is 0 Å². The van der Waals surface area contributed by atoms with Gasteiger partial charge in [0, 0.05) is 29.6 Å². The number of nitrogens with one attached hydrogen (secondary N) is 1. The molecule has 0 radical (unpaired) electrons. The average molecular weight is 692 g/mol. The molecule has 11 heteroatoms. The molecule has 254 valence electrons. The van der Waals surface area contributed by atoms with E-state index in [2.05, 4.69) is 5.32 Å². The number of halogens is 1. The first kappa shape index (κ1) is 36.3. The number of hydrogen-bond acceptors (Lipinski definition) is 6. The van der Waals surface area contributed by atoms with Crippen molar-refractivity contribution >= 4 is 39.1 Å². The molecule has 4 rings (SSSR count). The van der Waals surface area contributed by atoms with Crippen molar-refractivity contribution in [2.45, 2.75) is 57.1 Å². The van der Waals surface area contributed by atoms with Gasteiger partial charge in [-0.3, -0.25) is 13.9 Å². The number of hydrogen-bond donors (Lipinski definition) is 1. The van der Waals surface area contributed by atoms with Gasteiger partial charge in [0.25, 0.3) is 10.0 Å². The van der Waals surface area contributed by atoms with Crippen LogP contribution in [0.4, 0.5) is 5.69 Å². The number of ether oxygens (including phenoxy) is 2. The Morgan fingerprint density at radius 1 is 0.854 bits per heavy atom. The third kappa shape index (κ3) is 9.08. The van der Waals surface area contributed by atoms with Crippen LogP contribution in [0.25, 0.3) is 0 Å². The van der Waals surface area contributed by atoms with Crippen molar-refractivity contribution in [1.29, 1.82) is 0 Å². The molecule has 1 N–H and O–H groups in total. The summed E-state index contributed by atoms with van der Waals surface area (Å²) in [6.07, 6.45) is 0.186. The Morgan fingerprint density at radius 2 is 1.48 bits per heavy atom. The van der Waals surface area contributed by atoms with Crippen molar-refractivity contribution in [1.82, 2.24) is 10.2 Å². The lowest BCUT2D eigenvalue weighted by atomic mass is 10.0. The predicted molar refractivity (Wildman–Crippen MR) is 189 cm³/mol. The Morgan fingerprint density at radius 3 is 2.08 bits per heavy atom. The van der Waals surface area contributed by atoms with Gasteiger partial charge in [0.2, 0.25) is 11.8 Å². The van der Waals surface area contributed by atoms with Crippen molar-refractivity contribution in [3.8, 4) is 11.5 Å². The minimum absolute atomic E-state index is 0.0360. The van der Waals surface area contributed by atoms with Crippen LogP contribution in [-0.4, -0.2) is 57.5 Å². The fourth-order valence-electron chi connectivity index (χ4n) is 5.16. The van der Waals surface area contributed by atoms with Crippen molar-refractivity contribution in [3.05, 3.63) is 119 Å². The zero-order valence-electron chi connectivity index (χ0n) is 28.1. The van der Waals surface area contributed by atoms with E-state index in [0.717, 1.165) is 15.4 Å². The molecule has 4 aromatic rings. The molecular weight excluding hydrogens is 650 g/mol. The fraction of sp³-hybridized carbons (Fsp3) is 0.297. The molecular formula is C37H42ClN3O6S. The topological polar surface area (TPSA) is 105 Å². The minimum atomic E-state index is -4.34. The smallest absolute Gasteiger partial charge is 0.264 e. The summed E-state index contributed by atoms with van der Waals surface area (Å²) in [7, 11) is -1.47. The minimum Gasteiger partial charge on any atom is -0.493 e. The number of sulfonamides is 1. The lowest BCUT2D eigenvalue weighted by Gasteiger charge is -2.35. The van der Waals surface area contributed by atoms with Crippen molar-refractivity contribution < 1.29 is 27.5 Å². The molecule has 0 aliphatic rings. The molecule has 9 nitrogen and oxygen atoms in total. The largest absolute Gasteiger partial charge is 0.493 e. The van der Waals surface area contributed by atoms with E-state index in [4.69, 9.17) is 21.1 Å². The summed E-state index contributed by atoms with van der Waals surface area (Å²) in [6, 6.07) is 26.5. The van der Waals surface area contributed by atoms with Crippen LogP contribution in [0.2, 0.25) is 5.02 Å². The Balaban J connectivity index is 1.85. The van der Waals surface area contributed by atoms with Gasteiger partial charge in [0.15, 0.2) is 11.5 Å². The summed E-state index contributed by atoms with van der Waals surface area (Å²) < 4.78 is 40.5. The molecule has 0 saturated carbocycles. The Hall–Kier alpha value is -4.54. The molecule has 0 saturated heterocycles. The van der Waals surface area contributed by atoms with E-state index in [-0.39, 0.29) is 35.2 Å². The Kier molecular flexibility index (Phi) is 11.8. The van der Waals surface area contributed by atoms with E-state index in [1.54, 1.807) is 48.5 Å². The van der Waals surface area contributed by atoms with Crippen LogP contribution in [-0.2, 0) is 32.6 Å². The third-order valence-corrected chi connectivity index (χ3v) is 9.75. The van der Waals surface area contributed by atoms with Gasteiger partial charge in [0.1, 0.15) is 12.6 Å². The van der Waals surface area contributed by atoms with E-state index in [9.17, 15) is 18.0 Å². The first-order valence-electron chi connectivity index (χ1n) is 15.4. The average Bonchev–Trinajstić information content (AvgIpc) is 3.05. The lowest BCUT2D eigenvalue weighted by Crippen LogP contribution is -2.56. The molecule has 4 aromatic carbocycles. The highest BCUT2D eigenvalue weighted by atomic mass is 35.5. The van der Waals surface area contributed by atoms with Gasteiger partial charge in [-0.15, -0.1) is 0 Å². The van der Waals surface area contributed by atoms with Crippen LogP contribution < -0.4 is 19.1 Å². The number of rotatable bonds is 13. The number of carbonyl (C=O) groups is 2. The SMILES string of the molecule is COc1ccc(S(=O)(=O)N(CC(=O)N(Cc2ccccc2Cl)[C@H](Cc2ccccc2)C(=O)NC(C)(C)C)c2ccc(C)cc2)cc1OC. The Bertz CT molecular complexity index is 1830. The molecule has 0 unspecified atom stereocenters. The van der Waals surface area contributed by atoms with E-state index in [1.807, 2.05) is 58.0 Å². The number of nitrogens with zero attached hydrogens (tertiary/aromatic N) is 2. The van der Waals surface area contributed by atoms with Crippen LogP contribution in [0, 0.1) is 6.92 Å². The highest BCUT2D eigenvalue weighted by Crippen LogP contribution is 2.33. The number of methoxy groups -OCH3 is 2.